The van der Waals surface area contributed by atoms with Gasteiger partial charge in [0.1, 0.15) is 5.75 Å². The van der Waals surface area contributed by atoms with Crippen molar-refractivity contribution in [2.24, 2.45) is 0 Å². The summed E-state index contributed by atoms with van der Waals surface area (Å²) in [6, 6.07) is 13.2. The number of hydrogen-bond donors (Lipinski definition) is 2. The van der Waals surface area contributed by atoms with Gasteiger partial charge in [-0.3, -0.25) is 9.69 Å². The number of rotatable bonds is 8. The quantitative estimate of drug-likeness (QED) is 0.772. The molecule has 0 saturated heterocycles. The number of nitrogens with zero attached hydrogens (tertiary/aromatic N) is 1. The monoisotopic (exact) mass is 342 g/mol. The minimum atomic E-state index is -0.751. The number of likely N-dealkylation sites (N-methyl/N-ethyl adjacent to an activating group) is 1. The zero-order chi connectivity index (χ0) is 17.8. The van der Waals surface area contributed by atoms with Gasteiger partial charge in [-0.25, -0.2) is 0 Å². The summed E-state index contributed by atoms with van der Waals surface area (Å²) in [6.07, 6.45) is 1.99. The lowest BCUT2D eigenvalue weighted by Gasteiger charge is -2.42. The van der Waals surface area contributed by atoms with Crippen LogP contribution in [0.25, 0.3) is 10.8 Å². The molecule has 0 heterocycles. The van der Waals surface area contributed by atoms with Crippen LogP contribution in [0.4, 0.5) is 0 Å². The first-order valence-corrected chi connectivity index (χ1v) is 8.86. The molecule has 0 aromatic heterocycles. The summed E-state index contributed by atoms with van der Waals surface area (Å²) in [4.78, 5) is 13.0. The fourth-order valence-corrected chi connectivity index (χ4v) is 3.66. The lowest BCUT2D eigenvalue weighted by Crippen LogP contribution is -2.53. The van der Waals surface area contributed by atoms with Crippen molar-refractivity contribution in [1.29, 1.82) is 0 Å². The van der Waals surface area contributed by atoms with E-state index < -0.39 is 5.97 Å². The molecule has 0 radical (unpaired) electrons. The predicted octanol–water partition coefficient (Wildman–Crippen LogP) is 2.88. The SMILES string of the molecule is CCN(CC(=O)O)C1CC(NCc2c(OC)ccc3ccccc23)C1. The Morgan fingerprint density at radius 1 is 1.28 bits per heavy atom. The number of fused-ring (bicyclic) bond motifs is 1. The molecule has 0 aliphatic heterocycles. The van der Waals surface area contributed by atoms with Gasteiger partial charge in [0.2, 0.25) is 0 Å². The molecular weight excluding hydrogens is 316 g/mol. The molecule has 2 aromatic carbocycles. The van der Waals surface area contributed by atoms with Crippen LogP contribution < -0.4 is 10.1 Å². The Bertz CT molecular complexity index is 741. The van der Waals surface area contributed by atoms with E-state index in [1.165, 1.54) is 16.3 Å². The Morgan fingerprint density at radius 2 is 2.04 bits per heavy atom. The van der Waals surface area contributed by atoms with Gasteiger partial charge in [0.05, 0.1) is 13.7 Å². The van der Waals surface area contributed by atoms with Gasteiger partial charge in [-0.15, -0.1) is 0 Å². The second kappa shape index (κ2) is 7.85. The van der Waals surface area contributed by atoms with Gasteiger partial charge in [-0.2, -0.15) is 0 Å². The molecule has 0 bridgehead atoms. The molecule has 0 spiro atoms. The van der Waals surface area contributed by atoms with Gasteiger partial charge in [-0.05, 0) is 36.2 Å². The first-order chi connectivity index (χ1) is 12.1. The predicted molar refractivity (Wildman–Crippen MR) is 99.0 cm³/mol. The summed E-state index contributed by atoms with van der Waals surface area (Å²) in [7, 11) is 1.71. The smallest absolute Gasteiger partial charge is 0.317 e. The first-order valence-electron chi connectivity index (χ1n) is 8.86. The van der Waals surface area contributed by atoms with Crippen LogP contribution in [0.5, 0.6) is 5.75 Å². The Labute approximate surface area is 148 Å². The van der Waals surface area contributed by atoms with E-state index in [2.05, 4.69) is 29.6 Å². The summed E-state index contributed by atoms with van der Waals surface area (Å²) in [6.45, 7) is 3.68. The van der Waals surface area contributed by atoms with Crippen molar-refractivity contribution < 1.29 is 14.6 Å². The average molecular weight is 342 g/mol. The lowest BCUT2D eigenvalue weighted by molar-refractivity contribution is -0.139. The van der Waals surface area contributed by atoms with Crippen molar-refractivity contribution in [2.45, 2.75) is 38.4 Å². The normalized spacial score (nSPS) is 19.8. The van der Waals surface area contributed by atoms with Crippen molar-refractivity contribution in [3.8, 4) is 5.75 Å². The van der Waals surface area contributed by atoms with Crippen LogP contribution in [0.2, 0.25) is 0 Å². The number of aliphatic carboxylic acids is 1. The van der Waals surface area contributed by atoms with Crippen molar-refractivity contribution in [2.75, 3.05) is 20.2 Å². The second-order valence-corrected chi connectivity index (χ2v) is 6.63. The molecule has 1 aliphatic carbocycles. The van der Waals surface area contributed by atoms with E-state index in [-0.39, 0.29) is 6.54 Å². The van der Waals surface area contributed by atoms with Crippen LogP contribution in [0.3, 0.4) is 0 Å². The molecule has 25 heavy (non-hydrogen) atoms. The van der Waals surface area contributed by atoms with Crippen molar-refractivity contribution in [3.63, 3.8) is 0 Å². The maximum atomic E-state index is 10.9. The van der Waals surface area contributed by atoms with Crippen LogP contribution in [-0.2, 0) is 11.3 Å². The summed E-state index contributed by atoms with van der Waals surface area (Å²) >= 11 is 0. The van der Waals surface area contributed by atoms with Gasteiger partial charge < -0.3 is 15.2 Å². The van der Waals surface area contributed by atoms with Crippen LogP contribution in [0.1, 0.15) is 25.3 Å². The standard InChI is InChI=1S/C20H26N2O3/c1-3-22(13-20(23)24)16-10-15(11-16)21-12-18-17-7-5-4-6-14(17)8-9-19(18)25-2/h4-9,15-16,21H,3,10-13H2,1-2H3,(H,23,24). The number of hydrogen-bond acceptors (Lipinski definition) is 4. The zero-order valence-electron chi connectivity index (χ0n) is 14.9. The number of methoxy groups -OCH3 is 1. The summed E-state index contributed by atoms with van der Waals surface area (Å²) in [5.41, 5.74) is 1.18. The maximum Gasteiger partial charge on any atom is 0.317 e. The number of nitrogens with one attached hydrogen (secondary N) is 1. The third kappa shape index (κ3) is 3.94. The number of ether oxygens (including phenoxy) is 1. The van der Waals surface area contributed by atoms with Crippen LogP contribution in [0, 0.1) is 0 Å². The van der Waals surface area contributed by atoms with Crippen molar-refractivity contribution in [3.05, 3.63) is 42.0 Å². The highest BCUT2D eigenvalue weighted by Crippen LogP contribution is 2.30. The van der Waals surface area contributed by atoms with Crippen LogP contribution in [0.15, 0.2) is 36.4 Å². The van der Waals surface area contributed by atoms with E-state index in [0.29, 0.717) is 12.1 Å². The highest BCUT2D eigenvalue weighted by molar-refractivity contribution is 5.87. The van der Waals surface area contributed by atoms with Crippen LogP contribution >= 0.6 is 0 Å². The summed E-state index contributed by atoms with van der Waals surface area (Å²) < 4.78 is 5.54. The largest absolute Gasteiger partial charge is 0.496 e. The van der Waals surface area contributed by atoms with E-state index >= 15 is 0 Å². The second-order valence-electron chi connectivity index (χ2n) is 6.63. The first kappa shape index (κ1) is 17.7. The molecule has 5 nitrogen and oxygen atoms in total. The van der Waals surface area contributed by atoms with Crippen molar-refractivity contribution >= 4 is 16.7 Å². The number of carboxylic acid groups (broad SMARTS) is 1. The summed E-state index contributed by atoms with van der Waals surface area (Å²) in [5, 5.41) is 15.0. The third-order valence-electron chi connectivity index (χ3n) is 5.16. The lowest BCUT2D eigenvalue weighted by atomic mass is 9.85. The topological polar surface area (TPSA) is 61.8 Å². The average Bonchev–Trinajstić information content (AvgIpc) is 2.58. The molecule has 3 rings (SSSR count). The minimum absolute atomic E-state index is 0.130. The van der Waals surface area contributed by atoms with Gasteiger partial charge in [0, 0.05) is 24.2 Å². The highest BCUT2D eigenvalue weighted by atomic mass is 16.5. The Morgan fingerprint density at radius 3 is 2.72 bits per heavy atom. The molecule has 1 fully saturated rings. The van der Waals surface area contributed by atoms with Crippen molar-refractivity contribution in [1.82, 2.24) is 10.2 Å². The highest BCUT2D eigenvalue weighted by Gasteiger charge is 2.33. The fraction of sp³-hybridized carbons (Fsp3) is 0.450. The van der Waals surface area contributed by atoms with Crippen LogP contribution in [-0.4, -0.2) is 48.3 Å². The van der Waals surface area contributed by atoms with Gasteiger partial charge in [0.25, 0.3) is 0 Å². The van der Waals surface area contributed by atoms with Gasteiger partial charge in [0.15, 0.2) is 0 Å². The Kier molecular flexibility index (Phi) is 5.56. The van der Waals surface area contributed by atoms with Gasteiger partial charge >= 0.3 is 5.97 Å². The minimum Gasteiger partial charge on any atom is -0.496 e. The molecule has 2 N–H and O–H groups in total. The zero-order valence-corrected chi connectivity index (χ0v) is 14.9. The Hall–Kier alpha value is -2.11. The molecule has 0 atom stereocenters. The van der Waals surface area contributed by atoms with E-state index in [1.54, 1.807) is 7.11 Å². The molecular formula is C20H26N2O3. The van der Waals surface area contributed by atoms with E-state index in [0.717, 1.165) is 31.7 Å². The number of benzene rings is 2. The van der Waals surface area contributed by atoms with Gasteiger partial charge in [-0.1, -0.05) is 37.3 Å². The molecule has 134 valence electrons. The molecule has 2 aromatic rings. The summed E-state index contributed by atoms with van der Waals surface area (Å²) in [5.74, 6) is 0.155. The molecule has 1 saturated carbocycles. The Balaban J connectivity index is 1.62. The third-order valence-corrected chi connectivity index (χ3v) is 5.16. The molecule has 1 aliphatic rings. The van der Waals surface area contributed by atoms with E-state index in [9.17, 15) is 4.79 Å². The fourth-order valence-electron chi connectivity index (χ4n) is 3.66. The van der Waals surface area contributed by atoms with E-state index in [4.69, 9.17) is 9.84 Å². The molecule has 0 amide bonds. The molecule has 5 heteroatoms. The number of carbonyl (C=O) groups is 1. The number of carboxylic acids is 1. The maximum absolute atomic E-state index is 10.9. The van der Waals surface area contributed by atoms with E-state index in [1.807, 2.05) is 24.0 Å². The molecule has 0 unspecified atom stereocenters.